The Kier molecular flexibility index (Phi) is 8.59. The number of carbonyl (C=O) groups is 2. The minimum atomic E-state index is -1.42. The van der Waals surface area contributed by atoms with Crippen LogP contribution >= 0.6 is 45.2 Å². The van der Waals surface area contributed by atoms with Crippen molar-refractivity contribution in [1.82, 2.24) is 0 Å². The summed E-state index contributed by atoms with van der Waals surface area (Å²) in [5, 5.41) is 35.4. The molecule has 0 amide bonds. The molecular weight excluding hydrogens is 542 g/mol. The van der Waals surface area contributed by atoms with Gasteiger partial charge in [-0.25, -0.2) is 9.59 Å². The molecule has 0 aromatic heterocycles. The Hall–Kier alpha value is -1.24. The molecule has 24 heavy (non-hydrogen) atoms. The van der Waals surface area contributed by atoms with Crippen LogP contribution in [0.2, 0.25) is 0 Å². The number of halogens is 2. The summed E-state index contributed by atoms with van der Waals surface area (Å²) in [5.41, 5.74) is 0.871. The lowest BCUT2D eigenvalue weighted by molar-refractivity contribution is -0.147. The average Bonchev–Trinajstić information content (AvgIpc) is 2.55. The Morgan fingerprint density at radius 1 is 0.708 bits per heavy atom. The third-order valence-electron chi connectivity index (χ3n) is 2.87. The van der Waals surface area contributed by atoms with Crippen LogP contribution in [0.1, 0.15) is 23.3 Å². The molecule has 0 aliphatic carbocycles. The van der Waals surface area contributed by atoms with Crippen molar-refractivity contribution < 1.29 is 30.0 Å². The maximum absolute atomic E-state index is 10.4. The minimum Gasteiger partial charge on any atom is -0.479 e. The van der Waals surface area contributed by atoms with E-state index < -0.39 is 24.1 Å². The highest BCUT2D eigenvalue weighted by atomic mass is 127. The van der Waals surface area contributed by atoms with Crippen molar-refractivity contribution in [2.45, 2.75) is 12.2 Å². The van der Waals surface area contributed by atoms with Gasteiger partial charge in [-0.3, -0.25) is 0 Å². The van der Waals surface area contributed by atoms with E-state index in [-0.39, 0.29) is 0 Å². The van der Waals surface area contributed by atoms with Crippen LogP contribution in [0.25, 0.3) is 0 Å². The molecule has 0 aliphatic heterocycles. The minimum absolute atomic E-state index is 0.436. The molecule has 8 heteroatoms. The lowest BCUT2D eigenvalue weighted by atomic mass is 10.1. The van der Waals surface area contributed by atoms with E-state index in [2.05, 4.69) is 0 Å². The van der Waals surface area contributed by atoms with E-state index in [4.69, 9.17) is 10.2 Å². The topological polar surface area (TPSA) is 115 Å². The van der Waals surface area contributed by atoms with Crippen molar-refractivity contribution >= 4 is 57.1 Å². The summed E-state index contributed by atoms with van der Waals surface area (Å²) in [6.07, 6.45) is -2.84. The second-order valence-corrected chi connectivity index (χ2v) is 6.85. The van der Waals surface area contributed by atoms with Gasteiger partial charge in [0.25, 0.3) is 0 Å². The molecule has 0 saturated heterocycles. The first-order valence-electron chi connectivity index (χ1n) is 6.56. The molecule has 2 rings (SSSR count). The molecule has 2 aromatic rings. The van der Waals surface area contributed by atoms with E-state index in [1.807, 2.05) is 45.2 Å². The maximum Gasteiger partial charge on any atom is 0.337 e. The van der Waals surface area contributed by atoms with Gasteiger partial charge in [-0.1, -0.05) is 36.4 Å². The quantitative estimate of drug-likeness (QED) is 0.431. The van der Waals surface area contributed by atoms with Crippen LogP contribution in [-0.4, -0.2) is 32.4 Å². The molecule has 0 aliphatic rings. The summed E-state index contributed by atoms with van der Waals surface area (Å²) in [6, 6.07) is 13.7. The number of benzene rings is 2. The van der Waals surface area contributed by atoms with Gasteiger partial charge in [-0.2, -0.15) is 0 Å². The number of aliphatic carboxylic acids is 2. The number of aliphatic hydroxyl groups is 2. The smallest absolute Gasteiger partial charge is 0.337 e. The lowest BCUT2D eigenvalue weighted by Crippen LogP contribution is -2.11. The van der Waals surface area contributed by atoms with Crippen LogP contribution < -0.4 is 0 Å². The Morgan fingerprint density at radius 2 is 1.00 bits per heavy atom. The number of rotatable bonds is 4. The van der Waals surface area contributed by atoms with E-state index >= 15 is 0 Å². The van der Waals surface area contributed by atoms with Gasteiger partial charge in [0.2, 0.25) is 0 Å². The number of hydrogen-bond donors (Lipinski definition) is 4. The van der Waals surface area contributed by atoms with Crippen molar-refractivity contribution in [1.29, 1.82) is 0 Å². The van der Waals surface area contributed by atoms with Crippen molar-refractivity contribution in [3.8, 4) is 0 Å². The number of carboxylic acids is 2. The normalized spacial score (nSPS) is 12.5. The van der Waals surface area contributed by atoms with Crippen molar-refractivity contribution in [2.24, 2.45) is 0 Å². The maximum atomic E-state index is 10.4. The molecular formula is C16H14I2O6. The molecule has 0 heterocycles. The first-order valence-corrected chi connectivity index (χ1v) is 8.72. The standard InChI is InChI=1S/2C8H7IO3/c2*9-6-4-2-1-3-5(6)7(10)8(11)12/h2*1-4,7,10H,(H,11,12)/t2*7-/m00/s1. The fourth-order valence-corrected chi connectivity index (χ4v) is 3.02. The fraction of sp³-hybridized carbons (Fsp3) is 0.125. The summed E-state index contributed by atoms with van der Waals surface area (Å²) < 4.78 is 1.51. The SMILES string of the molecule is O=C(O)[C@@H](O)c1ccccc1I.O=C(O)[C@@H](O)c1ccccc1I. The van der Waals surface area contributed by atoms with E-state index in [0.717, 1.165) is 7.14 Å². The van der Waals surface area contributed by atoms with E-state index in [1.54, 1.807) is 48.5 Å². The van der Waals surface area contributed by atoms with Crippen molar-refractivity contribution in [3.05, 3.63) is 66.8 Å². The van der Waals surface area contributed by atoms with Crippen molar-refractivity contribution in [3.63, 3.8) is 0 Å². The summed E-state index contributed by atoms with van der Waals surface area (Å²) >= 11 is 3.97. The van der Waals surface area contributed by atoms with E-state index in [1.165, 1.54) is 0 Å². The number of carboxylic acid groups (broad SMARTS) is 2. The monoisotopic (exact) mass is 556 g/mol. The summed E-state index contributed by atoms with van der Waals surface area (Å²) in [4.78, 5) is 20.8. The second kappa shape index (κ2) is 9.91. The molecule has 0 bridgehead atoms. The largest absolute Gasteiger partial charge is 0.479 e. The highest BCUT2D eigenvalue weighted by molar-refractivity contribution is 14.1. The zero-order valence-electron chi connectivity index (χ0n) is 12.1. The van der Waals surface area contributed by atoms with Crippen LogP contribution in [0.3, 0.4) is 0 Å². The third-order valence-corrected chi connectivity index (χ3v) is 4.83. The van der Waals surface area contributed by atoms with Gasteiger partial charge in [0.05, 0.1) is 0 Å². The van der Waals surface area contributed by atoms with E-state index in [0.29, 0.717) is 11.1 Å². The average molecular weight is 556 g/mol. The van der Waals surface area contributed by atoms with Gasteiger partial charge in [-0.05, 0) is 57.3 Å². The van der Waals surface area contributed by atoms with Crippen LogP contribution in [-0.2, 0) is 9.59 Å². The summed E-state index contributed by atoms with van der Waals surface area (Å²) in [5.74, 6) is -2.45. The van der Waals surface area contributed by atoms with Crippen LogP contribution in [0.4, 0.5) is 0 Å². The molecule has 2 atom stereocenters. The number of aliphatic hydroxyl groups excluding tert-OH is 2. The summed E-state index contributed by atoms with van der Waals surface area (Å²) in [7, 11) is 0. The predicted molar refractivity (Wildman–Crippen MR) is 104 cm³/mol. The zero-order chi connectivity index (χ0) is 18.3. The van der Waals surface area contributed by atoms with E-state index in [9.17, 15) is 19.8 Å². The first-order chi connectivity index (χ1) is 11.3. The molecule has 0 fully saturated rings. The fourth-order valence-electron chi connectivity index (χ4n) is 1.66. The Labute approximate surface area is 165 Å². The third kappa shape index (κ3) is 6.00. The second-order valence-electron chi connectivity index (χ2n) is 4.52. The molecule has 0 radical (unpaired) electrons. The molecule has 0 saturated carbocycles. The molecule has 128 valence electrons. The molecule has 0 spiro atoms. The Balaban J connectivity index is 0.000000240. The molecule has 4 N–H and O–H groups in total. The molecule has 0 unspecified atom stereocenters. The van der Waals surface area contributed by atoms with Gasteiger partial charge in [0.15, 0.2) is 12.2 Å². The first kappa shape index (κ1) is 20.8. The van der Waals surface area contributed by atoms with Crippen LogP contribution in [0.15, 0.2) is 48.5 Å². The number of hydrogen-bond acceptors (Lipinski definition) is 4. The van der Waals surface area contributed by atoms with Gasteiger partial charge in [0.1, 0.15) is 0 Å². The van der Waals surface area contributed by atoms with Gasteiger partial charge >= 0.3 is 11.9 Å². The molecule has 2 aromatic carbocycles. The Morgan fingerprint density at radius 3 is 1.25 bits per heavy atom. The Bertz CT molecular complexity index is 658. The van der Waals surface area contributed by atoms with Crippen LogP contribution in [0, 0.1) is 7.14 Å². The predicted octanol–water partition coefficient (Wildman–Crippen LogP) is 2.82. The summed E-state index contributed by atoms with van der Waals surface area (Å²) in [6.45, 7) is 0. The van der Waals surface area contributed by atoms with Gasteiger partial charge in [-0.15, -0.1) is 0 Å². The van der Waals surface area contributed by atoms with Gasteiger partial charge < -0.3 is 20.4 Å². The zero-order valence-corrected chi connectivity index (χ0v) is 16.4. The van der Waals surface area contributed by atoms with Crippen LogP contribution in [0.5, 0.6) is 0 Å². The highest BCUT2D eigenvalue weighted by Crippen LogP contribution is 2.20. The molecule has 6 nitrogen and oxygen atoms in total. The van der Waals surface area contributed by atoms with Gasteiger partial charge in [0, 0.05) is 18.3 Å². The lowest BCUT2D eigenvalue weighted by Gasteiger charge is -2.06. The highest BCUT2D eigenvalue weighted by Gasteiger charge is 2.18. The van der Waals surface area contributed by atoms with Crippen molar-refractivity contribution in [2.75, 3.05) is 0 Å².